The third-order valence-electron chi connectivity index (χ3n) is 5.87. The van der Waals surface area contributed by atoms with E-state index in [0.29, 0.717) is 56.1 Å². The summed E-state index contributed by atoms with van der Waals surface area (Å²) in [5.41, 5.74) is 2.30. The van der Waals surface area contributed by atoms with Crippen LogP contribution in [0, 0.1) is 0 Å². The Bertz CT molecular complexity index is 1000. The van der Waals surface area contributed by atoms with Gasteiger partial charge in [0.15, 0.2) is 0 Å². The van der Waals surface area contributed by atoms with E-state index in [0.717, 1.165) is 18.8 Å². The van der Waals surface area contributed by atoms with E-state index in [4.69, 9.17) is 4.74 Å². The maximum absolute atomic E-state index is 13.1. The van der Waals surface area contributed by atoms with E-state index < -0.39 is 0 Å². The van der Waals surface area contributed by atoms with Gasteiger partial charge in [-0.3, -0.25) is 14.6 Å². The van der Waals surface area contributed by atoms with Crippen molar-refractivity contribution in [3.8, 4) is 0 Å². The van der Waals surface area contributed by atoms with Crippen molar-refractivity contribution in [1.82, 2.24) is 20.1 Å². The number of anilines is 2. The summed E-state index contributed by atoms with van der Waals surface area (Å²) in [6.07, 6.45) is 2.76. The molecule has 4 rings (SSSR count). The molecule has 0 aliphatic carbocycles. The second kappa shape index (κ2) is 10.3. The normalized spacial score (nSPS) is 16.3. The largest absolute Gasteiger partial charge is 0.453 e. The molecular weight excluding hydrogens is 424 g/mol. The van der Waals surface area contributed by atoms with Crippen molar-refractivity contribution in [3.05, 3.63) is 53.9 Å². The number of nitrogens with one attached hydrogen (secondary N) is 2. The Labute approximate surface area is 192 Å². The first-order valence-electron chi connectivity index (χ1n) is 11.0. The van der Waals surface area contributed by atoms with Gasteiger partial charge in [-0.25, -0.2) is 4.79 Å². The van der Waals surface area contributed by atoms with Gasteiger partial charge in [0, 0.05) is 70.3 Å². The molecule has 0 saturated carbocycles. The van der Waals surface area contributed by atoms with Crippen LogP contribution in [0.1, 0.15) is 20.7 Å². The van der Waals surface area contributed by atoms with E-state index in [1.807, 2.05) is 11.0 Å². The highest BCUT2D eigenvalue weighted by atomic mass is 16.5. The van der Waals surface area contributed by atoms with Gasteiger partial charge in [-0.05, 0) is 30.3 Å². The fourth-order valence-corrected chi connectivity index (χ4v) is 4.05. The molecule has 1 aromatic heterocycles. The van der Waals surface area contributed by atoms with Gasteiger partial charge in [-0.1, -0.05) is 0 Å². The van der Waals surface area contributed by atoms with E-state index in [9.17, 15) is 14.4 Å². The number of methoxy groups -OCH3 is 1. The lowest BCUT2D eigenvalue weighted by Crippen LogP contribution is -2.49. The Morgan fingerprint density at radius 1 is 0.970 bits per heavy atom. The van der Waals surface area contributed by atoms with Crippen molar-refractivity contribution >= 4 is 29.3 Å². The predicted molar refractivity (Wildman–Crippen MR) is 124 cm³/mol. The molecule has 2 fully saturated rings. The second-order valence-electron chi connectivity index (χ2n) is 7.91. The van der Waals surface area contributed by atoms with Crippen molar-refractivity contribution in [2.24, 2.45) is 0 Å². The number of piperazine rings is 2. The molecule has 1 aromatic carbocycles. The van der Waals surface area contributed by atoms with E-state index in [1.54, 1.807) is 35.4 Å². The smallest absolute Gasteiger partial charge is 0.409 e. The minimum absolute atomic E-state index is 0.0598. The fourth-order valence-electron chi connectivity index (χ4n) is 4.05. The molecule has 3 heterocycles. The molecule has 2 aliphatic heterocycles. The van der Waals surface area contributed by atoms with Gasteiger partial charge in [-0.15, -0.1) is 0 Å². The van der Waals surface area contributed by atoms with Crippen molar-refractivity contribution in [2.45, 2.75) is 0 Å². The lowest BCUT2D eigenvalue weighted by molar-refractivity contribution is 0.0735. The van der Waals surface area contributed by atoms with Crippen LogP contribution in [0.4, 0.5) is 16.2 Å². The van der Waals surface area contributed by atoms with Gasteiger partial charge in [0.25, 0.3) is 11.8 Å². The average Bonchev–Trinajstić information content (AvgIpc) is 2.89. The number of amides is 3. The standard InChI is InChI=1S/C23H28N6O4/c1-33-23(32)29-13-11-27(12-14-29)20-5-4-17(22(31)28-9-7-24-8-10-28)15-19(20)26-21(30)18-3-2-6-25-16-18/h2-6,15-16,24H,7-14H2,1H3,(H,26,30). The highest BCUT2D eigenvalue weighted by molar-refractivity contribution is 6.07. The van der Waals surface area contributed by atoms with Gasteiger partial charge < -0.3 is 30.1 Å². The van der Waals surface area contributed by atoms with Crippen LogP contribution in [0.15, 0.2) is 42.7 Å². The lowest BCUT2D eigenvalue weighted by atomic mass is 10.1. The summed E-state index contributed by atoms with van der Waals surface area (Å²) in [7, 11) is 1.37. The minimum Gasteiger partial charge on any atom is -0.453 e. The number of carbonyl (C=O) groups excluding carboxylic acids is 3. The molecule has 33 heavy (non-hydrogen) atoms. The maximum atomic E-state index is 13.1. The summed E-state index contributed by atoms with van der Waals surface area (Å²) in [5, 5.41) is 6.20. The third kappa shape index (κ3) is 5.23. The molecule has 10 heteroatoms. The van der Waals surface area contributed by atoms with E-state index in [-0.39, 0.29) is 17.9 Å². The second-order valence-corrected chi connectivity index (χ2v) is 7.91. The number of rotatable bonds is 4. The number of pyridine rings is 1. The van der Waals surface area contributed by atoms with E-state index in [2.05, 4.69) is 20.5 Å². The SMILES string of the molecule is COC(=O)N1CCN(c2ccc(C(=O)N3CCNCC3)cc2NC(=O)c2cccnc2)CC1. The lowest BCUT2D eigenvalue weighted by Gasteiger charge is -2.36. The number of nitrogens with zero attached hydrogens (tertiary/aromatic N) is 4. The Morgan fingerprint density at radius 3 is 2.39 bits per heavy atom. The van der Waals surface area contributed by atoms with Crippen LogP contribution in [-0.4, -0.2) is 92.2 Å². The van der Waals surface area contributed by atoms with Crippen LogP contribution in [0.5, 0.6) is 0 Å². The molecule has 2 aromatic rings. The molecule has 0 bridgehead atoms. The van der Waals surface area contributed by atoms with Gasteiger partial charge in [0.1, 0.15) is 0 Å². The summed E-state index contributed by atoms with van der Waals surface area (Å²) >= 11 is 0. The predicted octanol–water partition coefficient (Wildman–Crippen LogP) is 1.27. The first kappa shape index (κ1) is 22.5. The van der Waals surface area contributed by atoms with Crippen molar-refractivity contribution < 1.29 is 19.1 Å². The summed E-state index contributed by atoms with van der Waals surface area (Å²) < 4.78 is 4.81. The fraction of sp³-hybridized carbons (Fsp3) is 0.391. The molecule has 0 radical (unpaired) electrons. The highest BCUT2D eigenvalue weighted by Crippen LogP contribution is 2.29. The van der Waals surface area contributed by atoms with Crippen LogP contribution >= 0.6 is 0 Å². The summed E-state index contributed by atoms with van der Waals surface area (Å²) in [6.45, 7) is 4.98. The summed E-state index contributed by atoms with van der Waals surface area (Å²) in [4.78, 5) is 47.3. The van der Waals surface area contributed by atoms with Gasteiger partial charge in [0.2, 0.25) is 0 Å². The van der Waals surface area contributed by atoms with Crippen LogP contribution in [0.25, 0.3) is 0 Å². The molecule has 10 nitrogen and oxygen atoms in total. The molecule has 2 saturated heterocycles. The van der Waals surface area contributed by atoms with Gasteiger partial charge in [-0.2, -0.15) is 0 Å². The van der Waals surface area contributed by atoms with Crippen LogP contribution in [-0.2, 0) is 4.74 Å². The Morgan fingerprint density at radius 2 is 1.73 bits per heavy atom. The monoisotopic (exact) mass is 452 g/mol. The van der Waals surface area contributed by atoms with Gasteiger partial charge >= 0.3 is 6.09 Å². The van der Waals surface area contributed by atoms with E-state index >= 15 is 0 Å². The summed E-state index contributed by atoms with van der Waals surface area (Å²) in [5.74, 6) is -0.361. The van der Waals surface area contributed by atoms with Crippen LogP contribution in [0.3, 0.4) is 0 Å². The molecule has 0 spiro atoms. The number of hydrogen-bond acceptors (Lipinski definition) is 7. The molecular formula is C23H28N6O4. The van der Waals surface area contributed by atoms with Crippen LogP contribution in [0.2, 0.25) is 0 Å². The number of benzene rings is 1. The molecule has 174 valence electrons. The quantitative estimate of drug-likeness (QED) is 0.719. The zero-order valence-electron chi connectivity index (χ0n) is 18.6. The molecule has 0 unspecified atom stereocenters. The Balaban J connectivity index is 1.59. The molecule has 0 atom stereocenters. The zero-order valence-corrected chi connectivity index (χ0v) is 18.6. The number of aromatic nitrogens is 1. The minimum atomic E-state index is -0.350. The third-order valence-corrected chi connectivity index (χ3v) is 5.87. The highest BCUT2D eigenvalue weighted by Gasteiger charge is 2.25. The Hall–Kier alpha value is -3.66. The number of hydrogen-bond donors (Lipinski definition) is 2. The first-order chi connectivity index (χ1) is 16.1. The van der Waals surface area contributed by atoms with Crippen molar-refractivity contribution in [3.63, 3.8) is 0 Å². The Kier molecular flexibility index (Phi) is 7.04. The van der Waals surface area contributed by atoms with Crippen LogP contribution < -0.4 is 15.5 Å². The van der Waals surface area contributed by atoms with Crippen molar-refractivity contribution in [2.75, 3.05) is 69.7 Å². The molecule has 2 N–H and O–H groups in total. The van der Waals surface area contributed by atoms with E-state index in [1.165, 1.54) is 13.3 Å². The zero-order chi connectivity index (χ0) is 23.2. The van der Waals surface area contributed by atoms with Gasteiger partial charge in [0.05, 0.1) is 24.0 Å². The number of carbonyl (C=O) groups is 3. The summed E-state index contributed by atoms with van der Waals surface area (Å²) in [6, 6.07) is 8.79. The van der Waals surface area contributed by atoms with Crippen molar-refractivity contribution in [1.29, 1.82) is 0 Å². The first-order valence-corrected chi connectivity index (χ1v) is 11.0. The average molecular weight is 453 g/mol. The molecule has 2 aliphatic rings. The maximum Gasteiger partial charge on any atom is 0.409 e. The topological polar surface area (TPSA) is 107 Å². The number of ether oxygens (including phenoxy) is 1. The molecule has 3 amide bonds.